The summed E-state index contributed by atoms with van der Waals surface area (Å²) in [6, 6.07) is 0. The molecule has 0 aliphatic carbocycles. The SMILES string of the molecule is CCCCCCCC/C=C\CCCCCCCC(=O)OC(COC(=O)CCCCCCCCCCCC)COP(=O)(O)OCC[N+](C)(C)C. The van der Waals surface area contributed by atoms with Gasteiger partial charge < -0.3 is 18.9 Å². The fourth-order valence-electron chi connectivity index (χ4n) is 5.36. The van der Waals surface area contributed by atoms with Crippen LogP contribution in [0.25, 0.3) is 0 Å². The van der Waals surface area contributed by atoms with Gasteiger partial charge in [0.25, 0.3) is 0 Å². The molecule has 0 rings (SSSR count). The van der Waals surface area contributed by atoms with Gasteiger partial charge in [0.05, 0.1) is 27.7 Å². The average molecular weight is 719 g/mol. The summed E-state index contributed by atoms with van der Waals surface area (Å²) in [6.45, 7) is 4.39. The van der Waals surface area contributed by atoms with E-state index < -0.39 is 26.5 Å². The van der Waals surface area contributed by atoms with E-state index in [1.54, 1.807) is 0 Å². The van der Waals surface area contributed by atoms with Crippen LogP contribution in [0.3, 0.4) is 0 Å². The molecule has 9 nitrogen and oxygen atoms in total. The number of carbonyl (C=O) groups excluding carboxylic acids is 2. The number of phosphoric acid groups is 1. The summed E-state index contributed by atoms with van der Waals surface area (Å²) in [4.78, 5) is 35.1. The van der Waals surface area contributed by atoms with Gasteiger partial charge in [0.1, 0.15) is 19.8 Å². The minimum absolute atomic E-state index is 0.0328. The molecule has 0 saturated heterocycles. The van der Waals surface area contributed by atoms with Crippen LogP contribution >= 0.6 is 7.82 Å². The number of nitrogens with zero attached hydrogens (tertiary/aromatic N) is 1. The zero-order valence-corrected chi connectivity index (χ0v) is 33.3. The van der Waals surface area contributed by atoms with Crippen molar-refractivity contribution in [2.75, 3.05) is 47.5 Å². The predicted octanol–water partition coefficient (Wildman–Crippen LogP) is 10.6. The fourth-order valence-corrected chi connectivity index (χ4v) is 6.10. The molecule has 0 aromatic rings. The van der Waals surface area contributed by atoms with Gasteiger partial charge in [-0.3, -0.25) is 18.6 Å². The monoisotopic (exact) mass is 719 g/mol. The van der Waals surface area contributed by atoms with Gasteiger partial charge in [-0.1, -0.05) is 135 Å². The number of allylic oxidation sites excluding steroid dienone is 2. The second-order valence-corrected chi connectivity index (χ2v) is 16.1. The van der Waals surface area contributed by atoms with Gasteiger partial charge in [-0.2, -0.15) is 0 Å². The fraction of sp³-hybridized carbons (Fsp3) is 0.897. The van der Waals surface area contributed by atoms with Gasteiger partial charge >= 0.3 is 19.8 Å². The molecular weight excluding hydrogens is 641 g/mol. The van der Waals surface area contributed by atoms with Crippen LogP contribution in [0.1, 0.15) is 174 Å². The molecule has 2 unspecified atom stereocenters. The molecular formula is C39H77NO8P+. The molecule has 49 heavy (non-hydrogen) atoms. The zero-order chi connectivity index (χ0) is 36.5. The number of esters is 2. The lowest BCUT2D eigenvalue weighted by Gasteiger charge is -2.24. The molecule has 0 spiro atoms. The number of hydrogen-bond donors (Lipinski definition) is 1. The van der Waals surface area contributed by atoms with E-state index in [0.29, 0.717) is 23.9 Å². The van der Waals surface area contributed by atoms with Gasteiger partial charge in [0.2, 0.25) is 0 Å². The summed E-state index contributed by atoms with van der Waals surface area (Å²) >= 11 is 0. The summed E-state index contributed by atoms with van der Waals surface area (Å²) in [6.07, 6.45) is 31.1. The summed E-state index contributed by atoms with van der Waals surface area (Å²) in [5.41, 5.74) is 0. The number of carbonyl (C=O) groups is 2. The summed E-state index contributed by atoms with van der Waals surface area (Å²) < 4.78 is 34.1. The Morgan fingerprint density at radius 2 is 1.04 bits per heavy atom. The first-order valence-electron chi connectivity index (χ1n) is 19.9. The van der Waals surface area contributed by atoms with Crippen molar-refractivity contribution >= 4 is 19.8 Å². The number of likely N-dealkylation sites (N-methyl/N-ethyl adjacent to an activating group) is 1. The van der Waals surface area contributed by atoms with E-state index in [-0.39, 0.29) is 25.6 Å². The normalized spacial score (nSPS) is 13.8. The lowest BCUT2D eigenvalue weighted by atomic mass is 10.1. The number of quaternary nitrogens is 1. The van der Waals surface area contributed by atoms with Crippen LogP contribution in [-0.2, 0) is 32.7 Å². The number of phosphoric ester groups is 1. The van der Waals surface area contributed by atoms with Crippen molar-refractivity contribution in [2.45, 2.75) is 180 Å². The maximum absolute atomic E-state index is 12.6. The van der Waals surface area contributed by atoms with E-state index in [2.05, 4.69) is 26.0 Å². The van der Waals surface area contributed by atoms with Gasteiger partial charge in [0.15, 0.2) is 6.10 Å². The minimum atomic E-state index is -4.36. The molecule has 0 amide bonds. The van der Waals surface area contributed by atoms with Crippen LogP contribution in [-0.4, -0.2) is 74.9 Å². The van der Waals surface area contributed by atoms with E-state index in [9.17, 15) is 19.0 Å². The molecule has 0 heterocycles. The summed E-state index contributed by atoms with van der Waals surface area (Å²) in [5, 5.41) is 0. The molecule has 0 radical (unpaired) electrons. The van der Waals surface area contributed by atoms with Crippen molar-refractivity contribution in [3.8, 4) is 0 Å². The largest absolute Gasteiger partial charge is 0.472 e. The molecule has 0 aliphatic rings. The molecule has 290 valence electrons. The Balaban J connectivity index is 4.41. The quantitative estimate of drug-likeness (QED) is 0.0224. The average Bonchev–Trinajstić information content (AvgIpc) is 3.04. The zero-order valence-electron chi connectivity index (χ0n) is 32.4. The number of unbranched alkanes of at least 4 members (excludes halogenated alkanes) is 20. The number of ether oxygens (including phenoxy) is 2. The molecule has 0 aliphatic heterocycles. The molecule has 0 bridgehead atoms. The van der Waals surface area contributed by atoms with Crippen molar-refractivity contribution in [1.29, 1.82) is 0 Å². The Morgan fingerprint density at radius 1 is 0.612 bits per heavy atom. The second-order valence-electron chi connectivity index (χ2n) is 14.7. The van der Waals surface area contributed by atoms with E-state index in [1.807, 2.05) is 21.1 Å². The molecule has 0 saturated carbocycles. The standard InChI is InChI=1S/C39H76NO8P/c1-6-8-10-12-14-16-18-19-20-21-22-24-26-28-30-32-39(42)48-37(36-47-49(43,44)46-34-33-40(3,4)5)35-45-38(41)31-29-27-25-23-17-15-13-11-9-7-2/h19-20,37H,6-18,21-36H2,1-5H3/p+1/b20-19-. The third kappa shape index (κ3) is 36.3. The highest BCUT2D eigenvalue weighted by Crippen LogP contribution is 2.43. The lowest BCUT2D eigenvalue weighted by molar-refractivity contribution is -0.870. The highest BCUT2D eigenvalue weighted by Gasteiger charge is 2.27. The van der Waals surface area contributed by atoms with Gasteiger partial charge in [-0.05, 0) is 38.5 Å². The Bertz CT molecular complexity index is 860. The van der Waals surface area contributed by atoms with Crippen LogP contribution in [0.4, 0.5) is 0 Å². The van der Waals surface area contributed by atoms with Crippen LogP contribution < -0.4 is 0 Å². The first-order chi connectivity index (χ1) is 23.5. The molecule has 1 N–H and O–H groups in total. The third-order valence-corrected chi connectivity index (χ3v) is 9.53. The molecule has 0 aromatic heterocycles. The molecule has 0 fully saturated rings. The molecule has 2 atom stereocenters. The predicted molar refractivity (Wildman–Crippen MR) is 201 cm³/mol. The number of rotatable bonds is 36. The van der Waals surface area contributed by atoms with Crippen LogP contribution in [0.2, 0.25) is 0 Å². The first kappa shape index (κ1) is 47.8. The van der Waals surface area contributed by atoms with Crippen molar-refractivity contribution in [3.05, 3.63) is 12.2 Å². The second kappa shape index (κ2) is 32.6. The smallest absolute Gasteiger partial charge is 0.462 e. The Hall–Kier alpha value is -1.25. The Morgan fingerprint density at radius 3 is 1.51 bits per heavy atom. The maximum atomic E-state index is 12.6. The summed E-state index contributed by atoms with van der Waals surface area (Å²) in [5.74, 6) is -0.806. The lowest BCUT2D eigenvalue weighted by Crippen LogP contribution is -2.37. The van der Waals surface area contributed by atoms with Crippen LogP contribution in [0, 0.1) is 0 Å². The van der Waals surface area contributed by atoms with Crippen molar-refractivity contribution in [2.24, 2.45) is 0 Å². The minimum Gasteiger partial charge on any atom is -0.462 e. The van der Waals surface area contributed by atoms with Crippen molar-refractivity contribution in [1.82, 2.24) is 0 Å². The molecule has 10 heteroatoms. The Labute approximate surface area is 301 Å². The first-order valence-corrected chi connectivity index (χ1v) is 21.4. The van der Waals surface area contributed by atoms with Crippen molar-refractivity contribution in [3.63, 3.8) is 0 Å². The van der Waals surface area contributed by atoms with E-state index in [4.69, 9.17) is 18.5 Å². The highest BCUT2D eigenvalue weighted by atomic mass is 31.2. The Kier molecular flexibility index (Phi) is 31.8. The highest BCUT2D eigenvalue weighted by molar-refractivity contribution is 7.47. The van der Waals surface area contributed by atoms with E-state index in [1.165, 1.54) is 89.9 Å². The van der Waals surface area contributed by atoms with Crippen molar-refractivity contribution < 1.29 is 42.1 Å². The topological polar surface area (TPSA) is 108 Å². The van der Waals surface area contributed by atoms with E-state index in [0.717, 1.165) is 51.4 Å². The maximum Gasteiger partial charge on any atom is 0.472 e. The summed E-state index contributed by atoms with van der Waals surface area (Å²) in [7, 11) is 1.48. The molecule has 0 aromatic carbocycles. The third-order valence-electron chi connectivity index (χ3n) is 8.55. The van der Waals surface area contributed by atoms with Gasteiger partial charge in [0, 0.05) is 12.8 Å². The van der Waals surface area contributed by atoms with Crippen LogP contribution in [0.5, 0.6) is 0 Å². The van der Waals surface area contributed by atoms with Crippen LogP contribution in [0.15, 0.2) is 12.2 Å². The van der Waals surface area contributed by atoms with Gasteiger partial charge in [-0.15, -0.1) is 0 Å². The number of hydrogen-bond acceptors (Lipinski definition) is 7. The van der Waals surface area contributed by atoms with Gasteiger partial charge in [-0.25, -0.2) is 4.57 Å². The van der Waals surface area contributed by atoms with E-state index >= 15 is 0 Å².